The molecule has 6 heteroatoms. The van der Waals surface area contributed by atoms with E-state index in [1.54, 1.807) is 24.4 Å². The van der Waals surface area contributed by atoms with E-state index in [-0.39, 0.29) is 5.91 Å². The van der Waals surface area contributed by atoms with Gasteiger partial charge in [0.2, 0.25) is 5.91 Å². The van der Waals surface area contributed by atoms with Crippen LogP contribution in [0.2, 0.25) is 5.02 Å². The maximum atomic E-state index is 13.2. The molecule has 2 N–H and O–H groups in total. The third-order valence-corrected chi connectivity index (χ3v) is 5.13. The quantitative estimate of drug-likeness (QED) is 0.713. The van der Waals surface area contributed by atoms with Crippen LogP contribution in [0.5, 0.6) is 5.75 Å². The second-order valence-electron chi connectivity index (χ2n) is 6.44. The Balaban J connectivity index is 2.30. The number of rotatable bonds is 5. The molecule has 3 aromatic rings. The monoisotopic (exact) mass is 384 g/mol. The number of carbonyl (C=O) groups is 2. The number of amides is 1. The SMILES string of the molecule is CCC(C(N)=O)c1cn(C(=O)c2ccccc2C)c2cc(Cl)c(OC)cc12. The largest absolute Gasteiger partial charge is 0.495 e. The molecule has 140 valence electrons. The summed E-state index contributed by atoms with van der Waals surface area (Å²) in [5.41, 5.74) is 8.36. The molecule has 27 heavy (non-hydrogen) atoms. The summed E-state index contributed by atoms with van der Waals surface area (Å²) in [4.78, 5) is 25.2. The average Bonchev–Trinajstić information content (AvgIpc) is 2.99. The molecule has 1 aromatic heterocycles. The van der Waals surface area contributed by atoms with Gasteiger partial charge in [-0.2, -0.15) is 0 Å². The molecular formula is C21H21ClN2O3. The van der Waals surface area contributed by atoms with E-state index < -0.39 is 11.8 Å². The molecule has 0 aliphatic rings. The molecule has 5 nitrogen and oxygen atoms in total. The molecule has 0 aliphatic heterocycles. The molecule has 0 radical (unpaired) electrons. The maximum Gasteiger partial charge on any atom is 0.262 e. The number of primary amides is 1. The Labute approximate surface area is 162 Å². The van der Waals surface area contributed by atoms with Crippen molar-refractivity contribution in [2.24, 2.45) is 5.73 Å². The Morgan fingerprint density at radius 2 is 1.96 bits per heavy atom. The topological polar surface area (TPSA) is 74.3 Å². The van der Waals surface area contributed by atoms with E-state index in [4.69, 9.17) is 22.1 Å². The Kier molecular flexibility index (Phi) is 5.24. The number of halogens is 1. The molecule has 0 saturated carbocycles. The fraction of sp³-hybridized carbons (Fsp3) is 0.238. The summed E-state index contributed by atoms with van der Waals surface area (Å²) < 4.78 is 6.84. The van der Waals surface area contributed by atoms with Gasteiger partial charge in [-0.15, -0.1) is 0 Å². The molecule has 0 fully saturated rings. The third-order valence-electron chi connectivity index (χ3n) is 4.83. The molecule has 3 rings (SSSR count). The lowest BCUT2D eigenvalue weighted by Crippen LogP contribution is -2.20. The number of aryl methyl sites for hydroxylation is 1. The van der Waals surface area contributed by atoms with Crippen LogP contribution in [0.25, 0.3) is 10.9 Å². The summed E-state index contributed by atoms with van der Waals surface area (Å²) in [5.74, 6) is -0.658. The fourth-order valence-corrected chi connectivity index (χ4v) is 3.61. The number of hydrogen-bond donors (Lipinski definition) is 1. The molecule has 0 saturated heterocycles. The first-order valence-electron chi connectivity index (χ1n) is 8.67. The first-order chi connectivity index (χ1) is 12.9. The van der Waals surface area contributed by atoms with E-state index in [0.717, 1.165) is 10.9 Å². The number of nitrogens with zero attached hydrogens (tertiary/aromatic N) is 1. The summed E-state index contributed by atoms with van der Waals surface area (Å²) in [7, 11) is 1.52. The van der Waals surface area contributed by atoms with Crippen molar-refractivity contribution >= 4 is 34.3 Å². The fourth-order valence-electron chi connectivity index (χ4n) is 3.37. The van der Waals surface area contributed by atoms with Crippen molar-refractivity contribution in [3.8, 4) is 5.75 Å². The maximum absolute atomic E-state index is 13.2. The lowest BCUT2D eigenvalue weighted by Gasteiger charge is -2.10. The van der Waals surface area contributed by atoms with Crippen LogP contribution >= 0.6 is 11.6 Å². The van der Waals surface area contributed by atoms with Gasteiger partial charge in [-0.05, 0) is 42.7 Å². The number of hydrogen-bond acceptors (Lipinski definition) is 3. The van der Waals surface area contributed by atoms with Gasteiger partial charge in [0, 0.05) is 17.1 Å². The van der Waals surface area contributed by atoms with Gasteiger partial charge in [0.15, 0.2) is 0 Å². The highest BCUT2D eigenvalue weighted by Gasteiger charge is 2.25. The van der Waals surface area contributed by atoms with Crippen LogP contribution in [-0.2, 0) is 4.79 Å². The number of carbonyl (C=O) groups excluding carboxylic acids is 2. The van der Waals surface area contributed by atoms with Crippen molar-refractivity contribution in [1.29, 1.82) is 0 Å². The summed E-state index contributed by atoms with van der Waals surface area (Å²) in [6, 6.07) is 10.8. The minimum atomic E-state index is -0.510. The van der Waals surface area contributed by atoms with E-state index in [1.807, 2.05) is 32.0 Å². The number of ether oxygens (including phenoxy) is 1. The van der Waals surface area contributed by atoms with Crippen molar-refractivity contribution in [2.45, 2.75) is 26.2 Å². The first kappa shape index (κ1) is 19.0. The van der Waals surface area contributed by atoms with E-state index >= 15 is 0 Å². The molecule has 1 amide bonds. The molecule has 1 heterocycles. The second kappa shape index (κ2) is 7.45. The summed E-state index contributed by atoms with van der Waals surface area (Å²) in [6.07, 6.45) is 2.21. The smallest absolute Gasteiger partial charge is 0.262 e. The second-order valence-corrected chi connectivity index (χ2v) is 6.85. The number of methoxy groups -OCH3 is 1. The average molecular weight is 385 g/mol. The van der Waals surface area contributed by atoms with Crippen molar-refractivity contribution in [1.82, 2.24) is 4.57 Å². The van der Waals surface area contributed by atoms with Crippen LogP contribution in [0, 0.1) is 6.92 Å². The van der Waals surface area contributed by atoms with Gasteiger partial charge in [-0.25, -0.2) is 0 Å². The lowest BCUT2D eigenvalue weighted by molar-refractivity contribution is -0.119. The zero-order valence-corrected chi connectivity index (χ0v) is 16.2. The van der Waals surface area contributed by atoms with Crippen molar-refractivity contribution in [3.05, 3.63) is 64.3 Å². The number of aromatic nitrogens is 1. The van der Waals surface area contributed by atoms with Gasteiger partial charge < -0.3 is 10.5 Å². The zero-order valence-electron chi connectivity index (χ0n) is 15.5. The van der Waals surface area contributed by atoms with Gasteiger partial charge >= 0.3 is 0 Å². The van der Waals surface area contributed by atoms with Crippen LogP contribution < -0.4 is 10.5 Å². The molecule has 2 aromatic carbocycles. The van der Waals surface area contributed by atoms with Crippen LogP contribution in [0.1, 0.15) is 40.7 Å². The van der Waals surface area contributed by atoms with Crippen molar-refractivity contribution in [2.75, 3.05) is 7.11 Å². The predicted molar refractivity (Wildman–Crippen MR) is 107 cm³/mol. The standard InChI is InChI=1S/C21H21ClN2O3/c1-4-13(20(23)25)16-11-24(21(26)14-8-6-5-7-12(14)2)18-10-17(22)19(27-3)9-15(16)18/h5-11,13H,4H2,1-3H3,(H2,23,25). The normalized spacial score (nSPS) is 12.1. The van der Waals surface area contributed by atoms with Gasteiger partial charge in [0.05, 0.1) is 23.6 Å². The zero-order chi connectivity index (χ0) is 19.7. The number of nitrogens with two attached hydrogens (primary N) is 1. The molecule has 1 atom stereocenters. The molecule has 0 bridgehead atoms. The van der Waals surface area contributed by atoms with Crippen LogP contribution in [-0.4, -0.2) is 23.5 Å². The summed E-state index contributed by atoms with van der Waals surface area (Å²) >= 11 is 6.30. The van der Waals surface area contributed by atoms with E-state index in [1.165, 1.54) is 11.7 Å². The highest BCUT2D eigenvalue weighted by molar-refractivity contribution is 6.33. The minimum Gasteiger partial charge on any atom is -0.495 e. The Morgan fingerprint density at radius 3 is 2.56 bits per heavy atom. The van der Waals surface area contributed by atoms with Gasteiger partial charge in [0.25, 0.3) is 5.91 Å². The summed E-state index contributed by atoms with van der Waals surface area (Å²) in [5, 5.41) is 1.12. The summed E-state index contributed by atoms with van der Waals surface area (Å²) in [6.45, 7) is 3.77. The van der Waals surface area contributed by atoms with Crippen molar-refractivity contribution in [3.63, 3.8) is 0 Å². The van der Waals surface area contributed by atoms with Gasteiger partial charge in [-0.3, -0.25) is 14.2 Å². The van der Waals surface area contributed by atoms with E-state index in [0.29, 0.717) is 33.8 Å². The Bertz CT molecular complexity index is 1040. The lowest BCUT2D eigenvalue weighted by atomic mass is 9.95. The van der Waals surface area contributed by atoms with Crippen LogP contribution in [0.15, 0.2) is 42.6 Å². The molecule has 1 unspecified atom stereocenters. The Hall–Kier alpha value is -2.79. The minimum absolute atomic E-state index is 0.190. The highest BCUT2D eigenvalue weighted by Crippen LogP contribution is 2.36. The van der Waals surface area contributed by atoms with Gasteiger partial charge in [0.1, 0.15) is 5.75 Å². The van der Waals surface area contributed by atoms with Gasteiger partial charge in [-0.1, -0.05) is 36.7 Å². The third kappa shape index (κ3) is 3.30. The highest BCUT2D eigenvalue weighted by atomic mass is 35.5. The van der Waals surface area contributed by atoms with E-state index in [9.17, 15) is 9.59 Å². The first-order valence-corrected chi connectivity index (χ1v) is 9.05. The number of benzene rings is 2. The molecule has 0 spiro atoms. The number of fused-ring (bicyclic) bond motifs is 1. The van der Waals surface area contributed by atoms with Crippen LogP contribution in [0.4, 0.5) is 0 Å². The van der Waals surface area contributed by atoms with Crippen molar-refractivity contribution < 1.29 is 14.3 Å². The molecular weight excluding hydrogens is 364 g/mol. The predicted octanol–water partition coefficient (Wildman–Crippen LogP) is 4.28. The van der Waals surface area contributed by atoms with E-state index in [2.05, 4.69) is 0 Å². The van der Waals surface area contributed by atoms with Crippen LogP contribution in [0.3, 0.4) is 0 Å². The molecule has 0 aliphatic carbocycles. The Morgan fingerprint density at radius 1 is 1.26 bits per heavy atom.